The van der Waals surface area contributed by atoms with Gasteiger partial charge in [-0.25, -0.2) is 0 Å². The molecule has 2 aliphatic rings. The summed E-state index contributed by atoms with van der Waals surface area (Å²) in [4.78, 5) is 26.0. The Morgan fingerprint density at radius 2 is 1.65 bits per heavy atom. The molecule has 134 valence electrons. The molecule has 1 atom stereocenters. The predicted octanol–water partition coefficient (Wildman–Crippen LogP) is 3.81. The zero-order valence-corrected chi connectivity index (χ0v) is 14.4. The molecule has 5 nitrogen and oxygen atoms in total. The highest BCUT2D eigenvalue weighted by Crippen LogP contribution is 2.59. The van der Waals surface area contributed by atoms with Gasteiger partial charge in [0.1, 0.15) is 11.5 Å². The van der Waals surface area contributed by atoms with E-state index in [1.54, 1.807) is 12.1 Å². The molecule has 1 N–H and O–H groups in total. The van der Waals surface area contributed by atoms with Crippen LogP contribution in [0.5, 0.6) is 11.5 Å². The fraction of sp³-hybridized carbons (Fsp3) is 0.333. The minimum absolute atomic E-state index is 0.0566. The van der Waals surface area contributed by atoms with Crippen molar-refractivity contribution in [1.29, 1.82) is 0 Å². The van der Waals surface area contributed by atoms with Crippen LogP contribution >= 0.6 is 0 Å². The SMILES string of the molecule is O=C(O)C1CC12CCN(C(=O)c1ccccc1Oc1ccccc1)CC2. The van der Waals surface area contributed by atoms with Gasteiger partial charge >= 0.3 is 5.97 Å². The van der Waals surface area contributed by atoms with Crippen LogP contribution in [0.1, 0.15) is 29.6 Å². The summed E-state index contributed by atoms with van der Waals surface area (Å²) in [6, 6.07) is 16.7. The average Bonchev–Trinajstić information content (AvgIpc) is 3.37. The van der Waals surface area contributed by atoms with E-state index in [2.05, 4.69) is 0 Å². The van der Waals surface area contributed by atoms with Gasteiger partial charge in [-0.15, -0.1) is 0 Å². The number of hydrogen-bond donors (Lipinski definition) is 1. The van der Waals surface area contributed by atoms with Crippen LogP contribution in [0.3, 0.4) is 0 Å². The van der Waals surface area contributed by atoms with Gasteiger partial charge in [0.2, 0.25) is 0 Å². The molecule has 1 aliphatic heterocycles. The van der Waals surface area contributed by atoms with Crippen LogP contribution in [-0.4, -0.2) is 35.0 Å². The van der Waals surface area contributed by atoms with Gasteiger partial charge in [-0.05, 0) is 48.9 Å². The zero-order valence-electron chi connectivity index (χ0n) is 14.4. The number of para-hydroxylation sites is 2. The Bertz CT molecular complexity index is 825. The lowest BCUT2D eigenvalue weighted by Gasteiger charge is -2.33. The fourth-order valence-electron chi connectivity index (χ4n) is 3.92. The molecule has 1 saturated carbocycles. The van der Waals surface area contributed by atoms with Crippen LogP contribution in [0.25, 0.3) is 0 Å². The van der Waals surface area contributed by atoms with Gasteiger partial charge in [0.05, 0.1) is 11.5 Å². The molecule has 1 unspecified atom stereocenters. The molecule has 2 aromatic rings. The molecule has 0 radical (unpaired) electrons. The maximum atomic E-state index is 13.0. The molecular formula is C21H21NO4. The third-order valence-electron chi connectivity index (χ3n) is 5.62. The highest BCUT2D eigenvalue weighted by molar-refractivity contribution is 5.97. The normalized spacial score (nSPS) is 20.6. The number of benzene rings is 2. The van der Waals surface area contributed by atoms with E-state index in [0.717, 1.165) is 19.3 Å². The van der Waals surface area contributed by atoms with Gasteiger partial charge in [0, 0.05) is 13.1 Å². The Kier molecular flexibility index (Phi) is 4.15. The van der Waals surface area contributed by atoms with Crippen molar-refractivity contribution in [2.45, 2.75) is 19.3 Å². The van der Waals surface area contributed by atoms with Gasteiger partial charge in [0.25, 0.3) is 5.91 Å². The van der Waals surface area contributed by atoms with Crippen molar-refractivity contribution >= 4 is 11.9 Å². The minimum Gasteiger partial charge on any atom is -0.481 e. The molecular weight excluding hydrogens is 330 g/mol. The number of piperidine rings is 1. The summed E-state index contributed by atoms with van der Waals surface area (Å²) < 4.78 is 5.90. The molecule has 26 heavy (non-hydrogen) atoms. The zero-order chi connectivity index (χ0) is 18.1. The molecule has 4 rings (SSSR count). The maximum Gasteiger partial charge on any atom is 0.307 e. The first-order valence-corrected chi connectivity index (χ1v) is 8.93. The van der Waals surface area contributed by atoms with E-state index in [1.807, 2.05) is 47.4 Å². The van der Waals surface area contributed by atoms with Crippen LogP contribution < -0.4 is 4.74 Å². The smallest absolute Gasteiger partial charge is 0.307 e. The molecule has 0 bridgehead atoms. The quantitative estimate of drug-likeness (QED) is 0.910. The largest absolute Gasteiger partial charge is 0.481 e. The summed E-state index contributed by atoms with van der Waals surface area (Å²) in [6.45, 7) is 1.20. The molecule has 1 saturated heterocycles. The number of carbonyl (C=O) groups excluding carboxylic acids is 1. The summed E-state index contributed by atoms with van der Waals surface area (Å²) in [5, 5.41) is 9.20. The van der Waals surface area contributed by atoms with E-state index in [4.69, 9.17) is 4.74 Å². The van der Waals surface area contributed by atoms with E-state index < -0.39 is 5.97 Å². The number of nitrogens with zero attached hydrogens (tertiary/aromatic N) is 1. The van der Waals surface area contributed by atoms with Crippen molar-refractivity contribution < 1.29 is 19.4 Å². The first-order chi connectivity index (χ1) is 12.6. The average molecular weight is 351 g/mol. The Hall–Kier alpha value is -2.82. The first kappa shape index (κ1) is 16.6. The number of rotatable bonds is 4. The number of carboxylic acids is 1. The maximum absolute atomic E-state index is 13.0. The summed E-state index contributed by atoms with van der Waals surface area (Å²) in [6.07, 6.45) is 2.27. The second kappa shape index (κ2) is 6.48. The number of carboxylic acid groups (broad SMARTS) is 1. The Morgan fingerprint density at radius 1 is 1.00 bits per heavy atom. The second-order valence-electron chi connectivity index (χ2n) is 7.16. The monoisotopic (exact) mass is 351 g/mol. The summed E-state index contributed by atoms with van der Waals surface area (Å²) in [5.41, 5.74) is 0.459. The van der Waals surface area contributed by atoms with Gasteiger partial charge in [-0.2, -0.15) is 0 Å². The van der Waals surface area contributed by atoms with Gasteiger partial charge < -0.3 is 14.7 Å². The summed E-state index contributed by atoms with van der Waals surface area (Å²) in [5.74, 6) is 0.241. The number of likely N-dealkylation sites (tertiary alicyclic amines) is 1. The van der Waals surface area contributed by atoms with Crippen LogP contribution in [0.4, 0.5) is 0 Å². The van der Waals surface area contributed by atoms with E-state index in [-0.39, 0.29) is 17.2 Å². The number of carbonyl (C=O) groups is 2. The van der Waals surface area contributed by atoms with Crippen molar-refractivity contribution in [2.75, 3.05) is 13.1 Å². The van der Waals surface area contributed by atoms with Crippen LogP contribution in [0, 0.1) is 11.3 Å². The standard InChI is InChI=1S/C21H21NO4/c23-19(22-12-10-21(11-13-22)14-17(21)20(24)25)16-8-4-5-9-18(16)26-15-6-2-1-3-7-15/h1-9,17H,10-14H2,(H,24,25). The topological polar surface area (TPSA) is 66.8 Å². The number of aliphatic carboxylic acids is 1. The van der Waals surface area contributed by atoms with Crippen LogP contribution in [0.15, 0.2) is 54.6 Å². The van der Waals surface area contributed by atoms with Crippen molar-refractivity contribution in [3.05, 3.63) is 60.2 Å². The van der Waals surface area contributed by atoms with Gasteiger partial charge in [0.15, 0.2) is 0 Å². The third kappa shape index (κ3) is 3.05. The number of amides is 1. The second-order valence-corrected chi connectivity index (χ2v) is 7.16. The fourth-order valence-corrected chi connectivity index (χ4v) is 3.92. The molecule has 0 aromatic heterocycles. The van der Waals surface area contributed by atoms with Gasteiger partial charge in [-0.1, -0.05) is 30.3 Å². The number of hydrogen-bond acceptors (Lipinski definition) is 3. The van der Waals surface area contributed by atoms with Crippen LogP contribution in [-0.2, 0) is 4.79 Å². The Labute approximate surface area is 152 Å². The van der Waals surface area contributed by atoms with Gasteiger partial charge in [-0.3, -0.25) is 9.59 Å². The van der Waals surface area contributed by atoms with E-state index >= 15 is 0 Å². The molecule has 1 spiro atoms. The van der Waals surface area contributed by atoms with E-state index in [0.29, 0.717) is 30.2 Å². The predicted molar refractivity (Wildman–Crippen MR) is 96.3 cm³/mol. The molecule has 1 amide bonds. The van der Waals surface area contributed by atoms with E-state index in [9.17, 15) is 14.7 Å². The Morgan fingerprint density at radius 3 is 2.31 bits per heavy atom. The lowest BCUT2D eigenvalue weighted by Crippen LogP contribution is -2.40. The lowest BCUT2D eigenvalue weighted by molar-refractivity contribution is -0.139. The molecule has 2 aromatic carbocycles. The lowest BCUT2D eigenvalue weighted by atomic mass is 9.90. The highest BCUT2D eigenvalue weighted by Gasteiger charge is 2.59. The third-order valence-corrected chi connectivity index (χ3v) is 5.62. The molecule has 1 aliphatic carbocycles. The molecule has 5 heteroatoms. The first-order valence-electron chi connectivity index (χ1n) is 8.93. The molecule has 2 fully saturated rings. The Balaban J connectivity index is 1.47. The van der Waals surface area contributed by atoms with Crippen molar-refractivity contribution in [3.63, 3.8) is 0 Å². The van der Waals surface area contributed by atoms with Crippen molar-refractivity contribution in [1.82, 2.24) is 4.90 Å². The summed E-state index contributed by atoms with van der Waals surface area (Å²) in [7, 11) is 0. The summed E-state index contributed by atoms with van der Waals surface area (Å²) >= 11 is 0. The minimum atomic E-state index is -0.702. The van der Waals surface area contributed by atoms with Crippen molar-refractivity contribution in [2.24, 2.45) is 11.3 Å². The highest BCUT2D eigenvalue weighted by atomic mass is 16.5. The number of ether oxygens (including phenoxy) is 1. The van der Waals surface area contributed by atoms with E-state index in [1.165, 1.54) is 0 Å². The molecule has 1 heterocycles. The van der Waals surface area contributed by atoms with Crippen molar-refractivity contribution in [3.8, 4) is 11.5 Å². The van der Waals surface area contributed by atoms with Crippen LogP contribution in [0.2, 0.25) is 0 Å².